The Hall–Kier alpha value is -2.76. The number of anilines is 3. The monoisotopic (exact) mass is 287 g/mol. The van der Waals surface area contributed by atoms with Gasteiger partial charge in [0.25, 0.3) is 0 Å². The van der Waals surface area contributed by atoms with Crippen LogP contribution in [0.3, 0.4) is 0 Å². The minimum atomic E-state index is -0.150. The van der Waals surface area contributed by atoms with Gasteiger partial charge in [0, 0.05) is 18.7 Å². The van der Waals surface area contributed by atoms with E-state index >= 15 is 0 Å². The molecule has 0 fully saturated rings. The predicted octanol–water partition coefficient (Wildman–Crippen LogP) is 2.80. The summed E-state index contributed by atoms with van der Waals surface area (Å²) in [6.07, 6.45) is 1.64. The number of methoxy groups -OCH3 is 2. The first-order valence-electron chi connectivity index (χ1n) is 6.35. The van der Waals surface area contributed by atoms with E-state index < -0.39 is 0 Å². The molecule has 2 N–H and O–H groups in total. The van der Waals surface area contributed by atoms with Gasteiger partial charge in [0.15, 0.2) is 11.5 Å². The minimum absolute atomic E-state index is 0.150. The van der Waals surface area contributed by atoms with Crippen LogP contribution in [0.4, 0.5) is 17.2 Å². The van der Waals surface area contributed by atoms with Crippen molar-refractivity contribution >= 4 is 23.1 Å². The summed E-state index contributed by atoms with van der Waals surface area (Å²) < 4.78 is 10.4. The second-order valence-corrected chi connectivity index (χ2v) is 4.31. The van der Waals surface area contributed by atoms with Gasteiger partial charge in [0.2, 0.25) is 5.91 Å². The molecule has 1 aromatic heterocycles. The number of pyridine rings is 1. The minimum Gasteiger partial charge on any atom is -0.493 e. The number of aromatic nitrogens is 1. The molecular formula is C15H17N3O3. The number of benzene rings is 1. The molecule has 110 valence electrons. The number of hydrogen-bond donors (Lipinski definition) is 2. The fourth-order valence-electron chi connectivity index (χ4n) is 1.80. The van der Waals surface area contributed by atoms with E-state index in [1.807, 2.05) is 24.3 Å². The average Bonchev–Trinajstić information content (AvgIpc) is 2.48. The summed E-state index contributed by atoms with van der Waals surface area (Å²) in [5, 5.41) is 5.81. The maximum Gasteiger partial charge on any atom is 0.222 e. The molecule has 21 heavy (non-hydrogen) atoms. The zero-order valence-corrected chi connectivity index (χ0v) is 12.1. The van der Waals surface area contributed by atoms with Gasteiger partial charge in [-0.15, -0.1) is 0 Å². The molecule has 0 radical (unpaired) electrons. The van der Waals surface area contributed by atoms with Crippen molar-refractivity contribution in [2.45, 2.75) is 6.92 Å². The highest BCUT2D eigenvalue weighted by molar-refractivity contribution is 5.87. The highest BCUT2D eigenvalue weighted by Gasteiger charge is 2.05. The van der Waals surface area contributed by atoms with E-state index in [-0.39, 0.29) is 5.91 Å². The van der Waals surface area contributed by atoms with E-state index in [0.717, 1.165) is 11.4 Å². The topological polar surface area (TPSA) is 72.5 Å². The fraction of sp³-hybridized carbons (Fsp3) is 0.200. The molecule has 0 bridgehead atoms. The Labute approximate surface area is 123 Å². The lowest BCUT2D eigenvalue weighted by atomic mass is 10.2. The third kappa shape index (κ3) is 3.85. The molecule has 6 heteroatoms. The second-order valence-electron chi connectivity index (χ2n) is 4.31. The van der Waals surface area contributed by atoms with Crippen LogP contribution >= 0.6 is 0 Å². The molecule has 1 aromatic carbocycles. The van der Waals surface area contributed by atoms with Crippen LogP contribution in [0.1, 0.15) is 6.92 Å². The van der Waals surface area contributed by atoms with E-state index in [1.54, 1.807) is 26.5 Å². The van der Waals surface area contributed by atoms with E-state index in [2.05, 4.69) is 15.6 Å². The SMILES string of the molecule is COc1ccc(Nc2ccc(NC(C)=O)nc2)cc1OC. The largest absolute Gasteiger partial charge is 0.493 e. The molecule has 0 saturated heterocycles. The normalized spacial score (nSPS) is 9.86. The molecule has 0 aliphatic carbocycles. The van der Waals surface area contributed by atoms with Crippen molar-refractivity contribution in [1.82, 2.24) is 4.98 Å². The van der Waals surface area contributed by atoms with Gasteiger partial charge in [-0.3, -0.25) is 4.79 Å². The number of amides is 1. The Morgan fingerprint density at radius 3 is 2.33 bits per heavy atom. The number of hydrogen-bond acceptors (Lipinski definition) is 5. The average molecular weight is 287 g/mol. The summed E-state index contributed by atoms with van der Waals surface area (Å²) in [5.74, 6) is 1.68. The van der Waals surface area contributed by atoms with Gasteiger partial charge in [-0.2, -0.15) is 0 Å². The third-order valence-electron chi connectivity index (χ3n) is 2.74. The molecule has 6 nitrogen and oxygen atoms in total. The smallest absolute Gasteiger partial charge is 0.222 e. The molecular weight excluding hydrogens is 270 g/mol. The van der Waals surface area contributed by atoms with Crippen molar-refractivity contribution in [3.63, 3.8) is 0 Å². The van der Waals surface area contributed by atoms with Crippen LogP contribution in [-0.4, -0.2) is 25.1 Å². The van der Waals surface area contributed by atoms with Crippen LogP contribution in [0.2, 0.25) is 0 Å². The lowest BCUT2D eigenvalue weighted by Gasteiger charge is -2.11. The van der Waals surface area contributed by atoms with Crippen LogP contribution < -0.4 is 20.1 Å². The summed E-state index contributed by atoms with van der Waals surface area (Å²) in [5.41, 5.74) is 1.65. The molecule has 1 heterocycles. The number of nitrogens with one attached hydrogen (secondary N) is 2. The number of ether oxygens (including phenoxy) is 2. The van der Waals surface area contributed by atoms with Crippen molar-refractivity contribution in [2.24, 2.45) is 0 Å². The molecule has 0 saturated carbocycles. The van der Waals surface area contributed by atoms with Gasteiger partial charge >= 0.3 is 0 Å². The molecule has 0 unspecified atom stereocenters. The number of carbonyl (C=O) groups excluding carboxylic acids is 1. The van der Waals surface area contributed by atoms with E-state index in [4.69, 9.17) is 9.47 Å². The second kappa shape index (κ2) is 6.60. The number of carbonyl (C=O) groups is 1. The summed E-state index contributed by atoms with van der Waals surface area (Å²) in [6, 6.07) is 9.09. The first kappa shape index (κ1) is 14.6. The van der Waals surface area contributed by atoms with Crippen molar-refractivity contribution in [2.75, 3.05) is 24.9 Å². The van der Waals surface area contributed by atoms with E-state index in [9.17, 15) is 4.79 Å². The summed E-state index contributed by atoms with van der Waals surface area (Å²) in [7, 11) is 3.18. The van der Waals surface area contributed by atoms with Crippen molar-refractivity contribution in [1.29, 1.82) is 0 Å². The molecule has 2 rings (SSSR count). The highest BCUT2D eigenvalue weighted by Crippen LogP contribution is 2.31. The van der Waals surface area contributed by atoms with Gasteiger partial charge in [-0.25, -0.2) is 4.98 Å². The Morgan fingerprint density at radius 1 is 1.05 bits per heavy atom. The quantitative estimate of drug-likeness (QED) is 0.884. The summed E-state index contributed by atoms with van der Waals surface area (Å²) in [6.45, 7) is 1.44. The highest BCUT2D eigenvalue weighted by atomic mass is 16.5. The number of nitrogens with zero attached hydrogens (tertiary/aromatic N) is 1. The Morgan fingerprint density at radius 2 is 1.76 bits per heavy atom. The summed E-state index contributed by atoms with van der Waals surface area (Å²) >= 11 is 0. The molecule has 0 spiro atoms. The van der Waals surface area contributed by atoms with Crippen LogP contribution in [0.25, 0.3) is 0 Å². The van der Waals surface area contributed by atoms with Crippen LogP contribution in [-0.2, 0) is 4.79 Å². The van der Waals surface area contributed by atoms with Crippen molar-refractivity contribution in [3.8, 4) is 11.5 Å². The fourth-order valence-corrected chi connectivity index (χ4v) is 1.80. The van der Waals surface area contributed by atoms with Gasteiger partial charge < -0.3 is 20.1 Å². The van der Waals surface area contributed by atoms with Crippen molar-refractivity contribution < 1.29 is 14.3 Å². The Balaban J connectivity index is 2.12. The molecule has 0 aliphatic rings. The zero-order chi connectivity index (χ0) is 15.2. The standard InChI is InChI=1S/C15H17N3O3/c1-10(19)17-15-7-5-12(9-16-15)18-11-4-6-13(20-2)14(8-11)21-3/h4-9,18H,1-3H3,(H,16,17,19). The molecule has 0 atom stereocenters. The lowest BCUT2D eigenvalue weighted by Crippen LogP contribution is -2.07. The number of rotatable bonds is 5. The van der Waals surface area contributed by atoms with Gasteiger partial charge in [0.1, 0.15) is 5.82 Å². The summed E-state index contributed by atoms with van der Waals surface area (Å²) in [4.78, 5) is 15.1. The first-order chi connectivity index (χ1) is 10.1. The molecule has 1 amide bonds. The van der Waals surface area contributed by atoms with Gasteiger partial charge in [0.05, 0.1) is 26.1 Å². The lowest BCUT2D eigenvalue weighted by molar-refractivity contribution is -0.114. The van der Waals surface area contributed by atoms with Gasteiger partial charge in [-0.1, -0.05) is 0 Å². The van der Waals surface area contributed by atoms with Crippen molar-refractivity contribution in [3.05, 3.63) is 36.5 Å². The Bertz CT molecular complexity index is 627. The van der Waals surface area contributed by atoms with Gasteiger partial charge in [-0.05, 0) is 24.3 Å². The maximum absolute atomic E-state index is 10.9. The van der Waals surface area contributed by atoms with E-state index in [1.165, 1.54) is 6.92 Å². The third-order valence-corrected chi connectivity index (χ3v) is 2.74. The van der Waals surface area contributed by atoms with E-state index in [0.29, 0.717) is 17.3 Å². The van der Waals surface area contributed by atoms with Crippen LogP contribution in [0, 0.1) is 0 Å². The Kier molecular flexibility index (Phi) is 4.61. The zero-order valence-electron chi connectivity index (χ0n) is 12.1. The first-order valence-corrected chi connectivity index (χ1v) is 6.35. The van der Waals surface area contributed by atoms with Crippen LogP contribution in [0.5, 0.6) is 11.5 Å². The maximum atomic E-state index is 10.9. The molecule has 0 aliphatic heterocycles. The van der Waals surface area contributed by atoms with Crippen LogP contribution in [0.15, 0.2) is 36.5 Å². The molecule has 2 aromatic rings. The predicted molar refractivity (Wildman–Crippen MR) is 81.4 cm³/mol.